The summed E-state index contributed by atoms with van der Waals surface area (Å²) in [5, 5.41) is 12.9. The van der Waals surface area contributed by atoms with Crippen molar-refractivity contribution in [2.45, 2.75) is 11.1 Å². The van der Waals surface area contributed by atoms with Crippen LogP contribution < -0.4 is 5.32 Å². The monoisotopic (exact) mass is 341 g/mol. The summed E-state index contributed by atoms with van der Waals surface area (Å²) in [4.78, 5) is 0.477. The molecular weight excluding hydrogens is 327 g/mol. The van der Waals surface area contributed by atoms with E-state index in [4.69, 9.17) is 16.3 Å². The lowest BCUT2D eigenvalue weighted by Gasteiger charge is -2.40. The van der Waals surface area contributed by atoms with Crippen molar-refractivity contribution in [3.8, 4) is 0 Å². The Morgan fingerprint density at radius 3 is 2.62 bits per heavy atom. The second-order valence-electron chi connectivity index (χ2n) is 5.05. The molecule has 118 valence electrons. The Kier molecular flexibility index (Phi) is 5.29. The topological polar surface area (TPSA) is 41.5 Å². The average molecular weight is 342 g/mol. The second kappa shape index (κ2) is 6.64. The Morgan fingerprint density at radius 1 is 1.38 bits per heavy atom. The largest absolute Gasteiger partial charge is 0.398 e. The quantitative estimate of drug-likeness (QED) is 0.778. The minimum atomic E-state index is -4.23. The first-order valence-electron chi connectivity index (χ1n) is 6.25. The van der Waals surface area contributed by atoms with Gasteiger partial charge in [0.15, 0.2) is 0 Å². The standard InChI is InChI=1S/C13H15ClF3NO2S/c14-9-1-2-11(21-8-13(15,16)17)10(3-9)18-4-12(5-19)6-20-7-12/h1-3,18-19H,4-8H2. The number of benzene rings is 1. The fourth-order valence-corrected chi connectivity index (χ4v) is 2.79. The number of hydrogen-bond acceptors (Lipinski definition) is 4. The van der Waals surface area contributed by atoms with Gasteiger partial charge in [-0.25, -0.2) is 0 Å². The number of thioether (sulfide) groups is 1. The minimum Gasteiger partial charge on any atom is -0.396 e. The van der Waals surface area contributed by atoms with Crippen molar-refractivity contribution in [1.82, 2.24) is 0 Å². The summed E-state index contributed by atoms with van der Waals surface area (Å²) in [5.41, 5.74) is 0.172. The third-order valence-corrected chi connectivity index (χ3v) is 4.51. The molecule has 0 spiro atoms. The van der Waals surface area contributed by atoms with Crippen molar-refractivity contribution in [3.63, 3.8) is 0 Å². The highest BCUT2D eigenvalue weighted by atomic mass is 35.5. The summed E-state index contributed by atoms with van der Waals surface area (Å²) in [7, 11) is 0. The van der Waals surface area contributed by atoms with Crippen LogP contribution in [0.25, 0.3) is 0 Å². The Balaban J connectivity index is 2.04. The summed E-state index contributed by atoms with van der Waals surface area (Å²) >= 11 is 6.60. The van der Waals surface area contributed by atoms with Crippen molar-refractivity contribution in [1.29, 1.82) is 0 Å². The summed E-state index contributed by atoms with van der Waals surface area (Å²) in [6, 6.07) is 4.70. The Labute approximate surface area is 129 Å². The molecule has 8 heteroatoms. The van der Waals surface area contributed by atoms with E-state index in [1.165, 1.54) is 0 Å². The Hall–Kier alpha value is -0.630. The van der Waals surface area contributed by atoms with Crippen LogP contribution in [0.5, 0.6) is 0 Å². The van der Waals surface area contributed by atoms with Gasteiger partial charge in [0.05, 0.1) is 31.0 Å². The number of anilines is 1. The van der Waals surface area contributed by atoms with E-state index in [1.54, 1.807) is 18.2 Å². The molecule has 0 radical (unpaired) electrons. The minimum absolute atomic E-state index is 0.0361. The number of aliphatic hydroxyl groups is 1. The van der Waals surface area contributed by atoms with E-state index in [2.05, 4.69) is 5.32 Å². The molecule has 1 aliphatic heterocycles. The molecule has 1 aliphatic rings. The zero-order valence-electron chi connectivity index (χ0n) is 11.0. The van der Waals surface area contributed by atoms with Crippen molar-refractivity contribution in [2.75, 3.05) is 37.4 Å². The third kappa shape index (κ3) is 4.67. The fourth-order valence-electron chi connectivity index (χ4n) is 1.85. The Bertz CT molecular complexity index is 489. The molecule has 0 bridgehead atoms. The highest BCUT2D eigenvalue weighted by Gasteiger charge is 2.38. The van der Waals surface area contributed by atoms with Crippen molar-refractivity contribution in [2.24, 2.45) is 5.41 Å². The average Bonchev–Trinajstić information content (AvgIpc) is 2.36. The van der Waals surface area contributed by atoms with Gasteiger partial charge < -0.3 is 15.2 Å². The zero-order chi connectivity index (χ0) is 15.5. The molecule has 0 saturated carbocycles. The van der Waals surface area contributed by atoms with Crippen LogP contribution in [0.3, 0.4) is 0 Å². The van der Waals surface area contributed by atoms with E-state index < -0.39 is 11.9 Å². The van der Waals surface area contributed by atoms with E-state index in [9.17, 15) is 18.3 Å². The van der Waals surface area contributed by atoms with Crippen LogP contribution in [0.2, 0.25) is 5.02 Å². The smallest absolute Gasteiger partial charge is 0.396 e. The molecule has 1 fully saturated rings. The molecular formula is C13H15ClF3NO2S. The van der Waals surface area contributed by atoms with Crippen LogP contribution in [0, 0.1) is 5.41 Å². The van der Waals surface area contributed by atoms with E-state index in [-0.39, 0.29) is 12.0 Å². The van der Waals surface area contributed by atoms with Gasteiger partial charge in [0.25, 0.3) is 0 Å². The molecule has 1 aromatic rings. The molecule has 0 amide bonds. The highest BCUT2D eigenvalue weighted by molar-refractivity contribution is 7.99. The van der Waals surface area contributed by atoms with Gasteiger partial charge in [-0.05, 0) is 18.2 Å². The zero-order valence-corrected chi connectivity index (χ0v) is 12.6. The molecule has 0 atom stereocenters. The molecule has 0 aliphatic carbocycles. The van der Waals surface area contributed by atoms with Gasteiger partial charge in [0.2, 0.25) is 0 Å². The fraction of sp³-hybridized carbons (Fsp3) is 0.538. The molecule has 3 nitrogen and oxygen atoms in total. The van der Waals surface area contributed by atoms with E-state index >= 15 is 0 Å². The van der Waals surface area contributed by atoms with Gasteiger partial charge in [0.1, 0.15) is 0 Å². The van der Waals surface area contributed by atoms with Crippen LogP contribution in [0.4, 0.5) is 18.9 Å². The molecule has 2 N–H and O–H groups in total. The molecule has 1 saturated heterocycles. The summed E-state index contributed by atoms with van der Waals surface area (Å²) in [6.07, 6.45) is -4.23. The third-order valence-electron chi connectivity index (χ3n) is 3.14. The molecule has 1 aromatic carbocycles. The lowest BCUT2D eigenvalue weighted by molar-refractivity contribution is -0.128. The maximum atomic E-state index is 12.3. The van der Waals surface area contributed by atoms with E-state index in [0.717, 1.165) is 0 Å². The normalized spacial score (nSPS) is 17.4. The number of alkyl halides is 3. The number of hydrogen-bond donors (Lipinski definition) is 2. The number of ether oxygens (including phenoxy) is 1. The van der Waals surface area contributed by atoms with Crippen LogP contribution in [-0.4, -0.2) is 43.4 Å². The number of rotatable bonds is 6. The SMILES string of the molecule is OCC1(CNc2cc(Cl)ccc2SCC(F)(F)F)COC1. The molecule has 21 heavy (non-hydrogen) atoms. The van der Waals surface area contributed by atoms with E-state index in [0.29, 0.717) is 47.1 Å². The molecule has 0 aromatic heterocycles. The maximum absolute atomic E-state index is 12.3. The summed E-state index contributed by atoms with van der Waals surface area (Å²) in [6.45, 7) is 1.25. The molecule has 1 heterocycles. The van der Waals surface area contributed by atoms with Crippen molar-refractivity contribution in [3.05, 3.63) is 23.2 Å². The first kappa shape index (κ1) is 16.7. The van der Waals surface area contributed by atoms with Gasteiger partial charge >= 0.3 is 6.18 Å². The maximum Gasteiger partial charge on any atom is 0.398 e. The van der Waals surface area contributed by atoms with Gasteiger partial charge in [-0.15, -0.1) is 11.8 Å². The van der Waals surface area contributed by atoms with Crippen LogP contribution in [-0.2, 0) is 4.74 Å². The number of aliphatic hydroxyl groups excluding tert-OH is 1. The lowest BCUT2D eigenvalue weighted by atomic mass is 9.87. The van der Waals surface area contributed by atoms with Crippen LogP contribution in [0.15, 0.2) is 23.1 Å². The van der Waals surface area contributed by atoms with Crippen LogP contribution >= 0.6 is 23.4 Å². The molecule has 0 unspecified atom stereocenters. The highest BCUT2D eigenvalue weighted by Crippen LogP contribution is 2.35. The second-order valence-corrected chi connectivity index (χ2v) is 6.50. The van der Waals surface area contributed by atoms with Crippen LogP contribution in [0.1, 0.15) is 0 Å². The van der Waals surface area contributed by atoms with Crippen molar-refractivity contribution < 1.29 is 23.0 Å². The number of halogens is 4. The lowest BCUT2D eigenvalue weighted by Crippen LogP contribution is -2.50. The van der Waals surface area contributed by atoms with Gasteiger partial charge in [0, 0.05) is 22.2 Å². The van der Waals surface area contributed by atoms with Gasteiger partial charge in [-0.3, -0.25) is 0 Å². The first-order chi connectivity index (χ1) is 9.84. The van der Waals surface area contributed by atoms with Crippen molar-refractivity contribution >= 4 is 29.1 Å². The summed E-state index contributed by atoms with van der Waals surface area (Å²) < 4.78 is 42.1. The number of nitrogens with one attached hydrogen (secondary N) is 1. The Morgan fingerprint density at radius 2 is 2.10 bits per heavy atom. The summed E-state index contributed by atoms with van der Waals surface area (Å²) in [5.74, 6) is -0.961. The van der Waals surface area contributed by atoms with E-state index in [1.807, 2.05) is 0 Å². The predicted octanol–water partition coefficient (Wildman–Crippen LogP) is 3.42. The van der Waals surface area contributed by atoms with Gasteiger partial charge in [-0.1, -0.05) is 11.6 Å². The predicted molar refractivity (Wildman–Crippen MR) is 77.1 cm³/mol. The first-order valence-corrected chi connectivity index (χ1v) is 7.62. The molecule has 2 rings (SSSR count). The van der Waals surface area contributed by atoms with Gasteiger partial charge in [-0.2, -0.15) is 13.2 Å².